The highest BCUT2D eigenvalue weighted by Crippen LogP contribution is 2.40. The van der Waals surface area contributed by atoms with Crippen molar-refractivity contribution in [3.8, 4) is 17.2 Å². The van der Waals surface area contributed by atoms with E-state index in [1.165, 1.54) is 5.69 Å². The average molecular weight is 449 g/mol. The van der Waals surface area contributed by atoms with Crippen LogP contribution >= 0.6 is 11.3 Å². The number of nitrogens with zero attached hydrogens (tertiary/aromatic N) is 2. The molecule has 2 aliphatic heterocycles. The van der Waals surface area contributed by atoms with Crippen LogP contribution in [0.15, 0.2) is 59.7 Å². The van der Waals surface area contributed by atoms with Gasteiger partial charge in [0, 0.05) is 49.4 Å². The lowest BCUT2D eigenvalue weighted by Crippen LogP contribution is -2.46. The second-order valence-electron chi connectivity index (χ2n) is 7.86. The lowest BCUT2D eigenvalue weighted by atomic mass is 10.0. The van der Waals surface area contributed by atoms with E-state index in [0.717, 1.165) is 36.8 Å². The smallest absolute Gasteiger partial charge is 0.232 e. The predicted octanol–water partition coefficient (Wildman–Crippen LogP) is 4.40. The van der Waals surface area contributed by atoms with E-state index >= 15 is 0 Å². The molecule has 1 saturated heterocycles. The summed E-state index contributed by atoms with van der Waals surface area (Å²) in [7, 11) is 1.67. The number of carbonyl (C=O) groups excluding carboxylic acids is 1. The maximum Gasteiger partial charge on any atom is 0.232 e. The van der Waals surface area contributed by atoms with Gasteiger partial charge in [-0.15, -0.1) is 11.3 Å². The van der Waals surface area contributed by atoms with Gasteiger partial charge in [0.2, 0.25) is 5.78 Å². The third kappa shape index (κ3) is 3.97. The number of Topliss-reactive ketones (excluding diaryl/α,β-unsaturated/α-hetero) is 1. The number of thiophene rings is 1. The second kappa shape index (κ2) is 8.68. The van der Waals surface area contributed by atoms with Crippen LogP contribution in [0.4, 0.5) is 5.69 Å². The molecule has 2 aromatic carbocycles. The van der Waals surface area contributed by atoms with Crippen molar-refractivity contribution in [1.29, 1.82) is 0 Å². The number of phenols is 1. The molecule has 0 aliphatic carbocycles. The molecule has 1 aromatic heterocycles. The van der Waals surface area contributed by atoms with Crippen molar-refractivity contribution in [1.82, 2.24) is 4.90 Å². The highest BCUT2D eigenvalue weighted by molar-refractivity contribution is 7.10. The van der Waals surface area contributed by atoms with Crippen molar-refractivity contribution in [3.05, 3.63) is 75.7 Å². The molecule has 0 bridgehead atoms. The van der Waals surface area contributed by atoms with Gasteiger partial charge in [0.1, 0.15) is 17.2 Å². The van der Waals surface area contributed by atoms with Gasteiger partial charge in [-0.05, 0) is 47.8 Å². The largest absolute Gasteiger partial charge is 0.507 e. The van der Waals surface area contributed by atoms with Crippen molar-refractivity contribution >= 4 is 28.9 Å². The number of phenolic OH excluding ortho intramolecular Hbond substituents is 1. The molecule has 0 spiro atoms. The molecule has 7 heteroatoms. The van der Waals surface area contributed by atoms with Gasteiger partial charge in [-0.3, -0.25) is 9.69 Å². The van der Waals surface area contributed by atoms with Crippen molar-refractivity contribution in [2.75, 3.05) is 38.2 Å². The summed E-state index contributed by atoms with van der Waals surface area (Å²) in [6.07, 6.45) is 1.77. The van der Waals surface area contributed by atoms with Gasteiger partial charge in [-0.1, -0.05) is 6.07 Å². The number of rotatable bonds is 5. The topological polar surface area (TPSA) is 62.2 Å². The Morgan fingerprint density at radius 3 is 2.56 bits per heavy atom. The SMILES string of the molecule is COc1ccc(N2CCN(Cc3c(O)ccc4c3O/C(=C\c3cccs3)C4=O)CC2)cc1. The summed E-state index contributed by atoms with van der Waals surface area (Å²) in [6.45, 7) is 3.99. The first kappa shape index (κ1) is 20.6. The number of hydrogen-bond acceptors (Lipinski definition) is 7. The third-order valence-electron chi connectivity index (χ3n) is 5.92. The molecule has 6 nitrogen and oxygen atoms in total. The van der Waals surface area contributed by atoms with E-state index in [1.54, 1.807) is 36.7 Å². The van der Waals surface area contributed by atoms with E-state index in [0.29, 0.717) is 29.2 Å². The van der Waals surface area contributed by atoms with Crippen LogP contribution < -0.4 is 14.4 Å². The minimum atomic E-state index is -0.140. The van der Waals surface area contributed by atoms with Crippen LogP contribution in [0.5, 0.6) is 17.2 Å². The van der Waals surface area contributed by atoms with E-state index in [2.05, 4.69) is 21.9 Å². The van der Waals surface area contributed by atoms with Crippen molar-refractivity contribution in [3.63, 3.8) is 0 Å². The predicted molar refractivity (Wildman–Crippen MR) is 126 cm³/mol. The minimum Gasteiger partial charge on any atom is -0.507 e. The van der Waals surface area contributed by atoms with E-state index in [4.69, 9.17) is 9.47 Å². The van der Waals surface area contributed by atoms with Crippen LogP contribution in [-0.2, 0) is 6.54 Å². The fourth-order valence-electron chi connectivity index (χ4n) is 4.13. The van der Waals surface area contributed by atoms with E-state index in [-0.39, 0.29) is 11.5 Å². The summed E-state index contributed by atoms with van der Waals surface area (Å²) < 4.78 is 11.2. The van der Waals surface area contributed by atoms with Crippen molar-refractivity contribution < 1.29 is 19.4 Å². The van der Waals surface area contributed by atoms with E-state index < -0.39 is 0 Å². The fraction of sp³-hybridized carbons (Fsp3) is 0.240. The average Bonchev–Trinajstić information content (AvgIpc) is 3.45. The Morgan fingerprint density at radius 1 is 1.09 bits per heavy atom. The van der Waals surface area contributed by atoms with E-state index in [1.807, 2.05) is 29.6 Å². The van der Waals surface area contributed by atoms with E-state index in [9.17, 15) is 9.90 Å². The molecule has 0 unspecified atom stereocenters. The number of methoxy groups -OCH3 is 1. The summed E-state index contributed by atoms with van der Waals surface area (Å²) in [5.41, 5.74) is 2.35. The number of piperazine rings is 1. The van der Waals surface area contributed by atoms with Crippen LogP contribution in [0, 0.1) is 0 Å². The van der Waals surface area contributed by atoms with Gasteiger partial charge in [0.15, 0.2) is 5.76 Å². The Bertz CT molecular complexity index is 1150. The molecule has 32 heavy (non-hydrogen) atoms. The molecule has 3 aromatic rings. The summed E-state index contributed by atoms with van der Waals surface area (Å²) in [5, 5.41) is 12.5. The number of fused-ring (bicyclic) bond motifs is 1. The van der Waals surface area contributed by atoms with Crippen LogP contribution in [0.1, 0.15) is 20.8 Å². The molecule has 3 heterocycles. The first-order chi connectivity index (χ1) is 15.6. The normalized spacial score (nSPS) is 17.5. The first-order valence-corrected chi connectivity index (χ1v) is 11.4. The number of carbonyl (C=O) groups is 1. The molecule has 5 rings (SSSR count). The van der Waals surface area contributed by atoms with Gasteiger partial charge in [-0.2, -0.15) is 0 Å². The maximum absolute atomic E-state index is 12.8. The molecule has 0 radical (unpaired) electrons. The Kier molecular flexibility index (Phi) is 5.59. The quantitative estimate of drug-likeness (QED) is 0.584. The van der Waals surface area contributed by atoms with Gasteiger partial charge >= 0.3 is 0 Å². The number of aromatic hydroxyl groups is 1. The van der Waals surface area contributed by atoms with Crippen molar-refractivity contribution in [2.24, 2.45) is 0 Å². The summed E-state index contributed by atoms with van der Waals surface area (Å²) in [5.74, 6) is 1.65. The Hall–Kier alpha value is -3.29. The van der Waals surface area contributed by atoms with Crippen LogP contribution in [0.25, 0.3) is 6.08 Å². The number of anilines is 1. The lowest BCUT2D eigenvalue weighted by molar-refractivity contribution is 0.101. The number of ketones is 1. The zero-order chi connectivity index (χ0) is 22.1. The van der Waals surface area contributed by atoms with Crippen LogP contribution in [0.3, 0.4) is 0 Å². The zero-order valence-electron chi connectivity index (χ0n) is 17.8. The molecule has 1 N–H and O–H groups in total. The molecular formula is C25H24N2O4S. The Balaban J connectivity index is 1.30. The van der Waals surface area contributed by atoms with Crippen LogP contribution in [-0.4, -0.2) is 49.1 Å². The molecule has 164 valence electrons. The van der Waals surface area contributed by atoms with Crippen molar-refractivity contribution in [2.45, 2.75) is 6.54 Å². The first-order valence-electron chi connectivity index (χ1n) is 10.6. The van der Waals surface area contributed by atoms with Crippen LogP contribution in [0.2, 0.25) is 0 Å². The summed E-state index contributed by atoms with van der Waals surface area (Å²) >= 11 is 1.55. The molecule has 2 aliphatic rings. The van der Waals surface area contributed by atoms with Gasteiger partial charge in [0.25, 0.3) is 0 Å². The molecular weight excluding hydrogens is 424 g/mol. The molecule has 0 atom stereocenters. The monoisotopic (exact) mass is 448 g/mol. The Labute approximate surface area is 190 Å². The van der Waals surface area contributed by atoms with Gasteiger partial charge in [-0.25, -0.2) is 0 Å². The molecule has 0 amide bonds. The van der Waals surface area contributed by atoms with Gasteiger partial charge in [0.05, 0.1) is 18.2 Å². The third-order valence-corrected chi connectivity index (χ3v) is 6.74. The highest BCUT2D eigenvalue weighted by Gasteiger charge is 2.32. The second-order valence-corrected chi connectivity index (χ2v) is 8.84. The number of benzene rings is 2. The number of allylic oxidation sites excluding steroid dienone is 1. The molecule has 1 fully saturated rings. The maximum atomic E-state index is 12.8. The minimum absolute atomic E-state index is 0.140. The summed E-state index contributed by atoms with van der Waals surface area (Å²) in [4.78, 5) is 18.4. The zero-order valence-corrected chi connectivity index (χ0v) is 18.6. The standard InChI is InChI=1S/C25H24N2O4S/c1-30-18-6-4-17(5-7-18)27-12-10-26(11-13-27)16-21-22(28)9-8-20-24(29)23(31-25(20)21)15-19-3-2-14-32-19/h2-9,14-15,28H,10-13,16H2,1H3/b23-15-. The lowest BCUT2D eigenvalue weighted by Gasteiger charge is -2.36. The Morgan fingerprint density at radius 2 is 1.88 bits per heavy atom. The highest BCUT2D eigenvalue weighted by atomic mass is 32.1. The number of hydrogen-bond donors (Lipinski definition) is 1. The fourth-order valence-corrected chi connectivity index (χ4v) is 4.78. The summed E-state index contributed by atoms with van der Waals surface area (Å²) in [6, 6.07) is 15.2. The van der Waals surface area contributed by atoms with Gasteiger partial charge < -0.3 is 19.5 Å². The number of ether oxygens (including phenoxy) is 2. The molecule has 0 saturated carbocycles.